The molecule has 0 heterocycles. The monoisotopic (exact) mass is 1130 g/mol. The van der Waals surface area contributed by atoms with Crippen molar-refractivity contribution in [3.63, 3.8) is 0 Å². The minimum absolute atomic E-state index is 0.0320. The first-order valence-corrected chi connectivity index (χ1v) is 32.1. The van der Waals surface area contributed by atoms with E-state index < -0.39 is 32.5 Å². The summed E-state index contributed by atoms with van der Waals surface area (Å²) in [6, 6.07) is 0. The van der Waals surface area contributed by atoms with Gasteiger partial charge >= 0.3 is 19.8 Å². The van der Waals surface area contributed by atoms with E-state index >= 15 is 0 Å². The maximum atomic E-state index is 12.7. The molecule has 0 aromatic carbocycles. The lowest BCUT2D eigenvalue weighted by atomic mass is 10.1. The molecule has 0 radical (unpaired) electrons. The second kappa shape index (κ2) is 63.8. The number of carbonyl (C=O) groups is 2. The molecule has 0 spiro atoms. The SMILES string of the molecule is CC/C=C\C/C=C\C/C=C\C/C=C\C/C=C\C/C=C\C/C=C\C/C=C\C/C=C\C/C=C\C/C=C\C/C=C\CCCCCCC(=O)OC(COC(=O)CCCCC/C=C\C/C=C\C/C=C\C/C=C\C/C=C\CC)COP(=O)(O)OCCN. The van der Waals surface area contributed by atoms with Gasteiger partial charge in [0.15, 0.2) is 6.10 Å². The first-order chi connectivity index (χ1) is 39.8. The average molecular weight is 1130 g/mol. The fraction of sp³-hybridized carbons (Fsp3) is 0.493. The molecule has 2 atom stereocenters. The molecular formula is C71H108NO8P. The summed E-state index contributed by atoms with van der Waals surface area (Å²) in [6.45, 7) is 3.40. The number of carbonyl (C=O) groups excluding carboxylic acids is 2. The van der Waals surface area contributed by atoms with E-state index in [0.29, 0.717) is 12.8 Å². The largest absolute Gasteiger partial charge is 0.472 e. The molecule has 450 valence electrons. The Bertz CT molecular complexity index is 2070. The lowest BCUT2D eigenvalue weighted by Crippen LogP contribution is -2.29. The van der Waals surface area contributed by atoms with Crippen LogP contribution in [0.15, 0.2) is 207 Å². The first-order valence-electron chi connectivity index (χ1n) is 30.6. The van der Waals surface area contributed by atoms with Crippen molar-refractivity contribution >= 4 is 19.8 Å². The van der Waals surface area contributed by atoms with E-state index in [1.165, 1.54) is 0 Å². The van der Waals surface area contributed by atoms with Gasteiger partial charge in [-0.1, -0.05) is 240 Å². The molecule has 81 heavy (non-hydrogen) atoms. The standard InChI is InChI=1S/C71H108NO8P/c1-3-5-7-9-11-13-15-17-19-21-23-24-25-26-27-28-29-30-31-32-33-34-35-36-37-38-39-40-41-42-43-44-46-48-50-52-54-56-58-60-62-64-71(74)80-69(68-79-81(75,76)78-66-65-72)67-77-70(73)63-61-59-57-55-53-51-49-47-45-22-20-18-16-14-12-10-8-6-4-2/h5-8,11-14,17-20,23-24,26-27,29-30,32-33,35-36,38-39,41-42,44-47,50-53,69H,3-4,9-10,15-16,21-22,25,28,31,34,37,40,43,48-49,54-68,72H2,1-2H3,(H,75,76)/b7-5-,8-6-,13-11-,14-12-,19-17-,20-18-,24-23-,27-26-,30-29-,33-32-,36-35-,39-38-,42-41-,46-44-,47-45-,52-50-,53-51-. The quantitative estimate of drug-likeness (QED) is 0.0264. The van der Waals surface area contributed by atoms with Crippen LogP contribution in [0.4, 0.5) is 0 Å². The Morgan fingerprint density at radius 3 is 0.951 bits per heavy atom. The third kappa shape index (κ3) is 63.6. The predicted molar refractivity (Wildman–Crippen MR) is 348 cm³/mol. The lowest BCUT2D eigenvalue weighted by molar-refractivity contribution is -0.161. The highest BCUT2D eigenvalue weighted by molar-refractivity contribution is 7.47. The number of phosphoric acid groups is 1. The van der Waals surface area contributed by atoms with Crippen LogP contribution in [0.3, 0.4) is 0 Å². The fourth-order valence-electron chi connectivity index (χ4n) is 7.23. The van der Waals surface area contributed by atoms with Gasteiger partial charge in [-0.15, -0.1) is 0 Å². The first kappa shape index (κ1) is 75.6. The fourth-order valence-corrected chi connectivity index (χ4v) is 7.99. The highest BCUT2D eigenvalue weighted by Gasteiger charge is 2.26. The number of rotatable bonds is 54. The van der Waals surface area contributed by atoms with Crippen LogP contribution >= 0.6 is 7.82 Å². The van der Waals surface area contributed by atoms with Gasteiger partial charge in [-0.05, 0) is 148 Å². The minimum atomic E-state index is -4.42. The Morgan fingerprint density at radius 2 is 0.642 bits per heavy atom. The van der Waals surface area contributed by atoms with E-state index in [0.717, 1.165) is 154 Å². The third-order valence-electron chi connectivity index (χ3n) is 11.7. The number of hydrogen-bond donors (Lipinski definition) is 2. The molecule has 0 rings (SSSR count). The number of phosphoric ester groups is 1. The zero-order chi connectivity index (χ0) is 58.7. The van der Waals surface area contributed by atoms with E-state index in [9.17, 15) is 19.0 Å². The van der Waals surface area contributed by atoms with Crippen LogP contribution in [-0.4, -0.2) is 49.3 Å². The lowest BCUT2D eigenvalue weighted by Gasteiger charge is -2.19. The summed E-state index contributed by atoms with van der Waals surface area (Å²) in [6.07, 6.45) is 98.9. The van der Waals surface area contributed by atoms with E-state index in [-0.39, 0.29) is 32.6 Å². The Balaban J connectivity index is 4.12. The molecule has 0 aliphatic rings. The van der Waals surface area contributed by atoms with E-state index in [4.69, 9.17) is 24.3 Å². The third-order valence-corrected chi connectivity index (χ3v) is 12.6. The van der Waals surface area contributed by atoms with Crippen molar-refractivity contribution in [2.24, 2.45) is 5.73 Å². The topological polar surface area (TPSA) is 134 Å². The second-order valence-electron chi connectivity index (χ2n) is 19.1. The molecule has 2 unspecified atom stereocenters. The molecule has 0 aliphatic heterocycles. The molecule has 0 fully saturated rings. The maximum absolute atomic E-state index is 12.7. The Hall–Kier alpha value is -5.41. The van der Waals surface area contributed by atoms with Gasteiger partial charge in [-0.3, -0.25) is 18.6 Å². The van der Waals surface area contributed by atoms with Gasteiger partial charge in [-0.2, -0.15) is 0 Å². The summed E-state index contributed by atoms with van der Waals surface area (Å²) in [5, 5.41) is 0. The summed E-state index contributed by atoms with van der Waals surface area (Å²) in [5.41, 5.74) is 5.37. The van der Waals surface area contributed by atoms with Gasteiger partial charge in [0.1, 0.15) is 6.61 Å². The summed E-state index contributed by atoms with van der Waals surface area (Å²) < 4.78 is 32.9. The predicted octanol–water partition coefficient (Wildman–Crippen LogP) is 20.0. The minimum Gasteiger partial charge on any atom is -0.462 e. The van der Waals surface area contributed by atoms with Crippen LogP contribution in [0.5, 0.6) is 0 Å². The van der Waals surface area contributed by atoms with Gasteiger partial charge in [-0.25, -0.2) is 4.57 Å². The van der Waals surface area contributed by atoms with Crippen LogP contribution < -0.4 is 5.73 Å². The average Bonchev–Trinajstić information content (AvgIpc) is 3.46. The number of unbranched alkanes of at least 4 members (excludes halogenated alkanes) is 7. The number of allylic oxidation sites excluding steroid dienone is 34. The number of esters is 2. The van der Waals surface area contributed by atoms with E-state index in [1.807, 2.05) is 0 Å². The van der Waals surface area contributed by atoms with Gasteiger partial charge in [0.05, 0.1) is 13.2 Å². The van der Waals surface area contributed by atoms with Crippen LogP contribution in [0, 0.1) is 0 Å². The molecule has 0 aromatic rings. The smallest absolute Gasteiger partial charge is 0.462 e. The molecule has 9 nitrogen and oxygen atoms in total. The van der Waals surface area contributed by atoms with Crippen molar-refractivity contribution in [2.45, 2.75) is 200 Å². The van der Waals surface area contributed by atoms with Gasteiger partial charge in [0.2, 0.25) is 0 Å². The summed E-state index contributed by atoms with van der Waals surface area (Å²) in [7, 11) is -4.42. The van der Waals surface area contributed by atoms with Crippen LogP contribution in [0.2, 0.25) is 0 Å². The molecule has 0 bridgehead atoms. The molecule has 0 saturated heterocycles. The molecule has 0 aliphatic carbocycles. The van der Waals surface area contributed by atoms with Crippen molar-refractivity contribution in [3.8, 4) is 0 Å². The molecule has 0 saturated carbocycles. The molecular weight excluding hydrogens is 1030 g/mol. The van der Waals surface area contributed by atoms with Crippen molar-refractivity contribution in [1.82, 2.24) is 0 Å². The summed E-state index contributed by atoms with van der Waals surface area (Å²) in [4.78, 5) is 35.2. The summed E-state index contributed by atoms with van der Waals surface area (Å²) in [5.74, 6) is -0.915. The Morgan fingerprint density at radius 1 is 0.370 bits per heavy atom. The maximum Gasteiger partial charge on any atom is 0.472 e. The van der Waals surface area contributed by atoms with E-state index in [2.05, 4.69) is 220 Å². The zero-order valence-corrected chi connectivity index (χ0v) is 51.1. The van der Waals surface area contributed by atoms with Crippen molar-refractivity contribution in [2.75, 3.05) is 26.4 Å². The van der Waals surface area contributed by atoms with E-state index in [1.54, 1.807) is 0 Å². The van der Waals surface area contributed by atoms with Crippen LogP contribution in [-0.2, 0) is 32.7 Å². The number of ether oxygens (including phenoxy) is 2. The molecule has 0 aromatic heterocycles. The Kier molecular flexibility index (Phi) is 59.5. The highest BCUT2D eigenvalue weighted by Crippen LogP contribution is 2.43. The number of nitrogens with two attached hydrogens (primary N) is 1. The Labute approximate surface area is 493 Å². The van der Waals surface area contributed by atoms with Gasteiger partial charge in [0, 0.05) is 19.4 Å². The second-order valence-corrected chi connectivity index (χ2v) is 20.6. The summed E-state index contributed by atoms with van der Waals surface area (Å²) >= 11 is 0. The van der Waals surface area contributed by atoms with Crippen LogP contribution in [0.25, 0.3) is 0 Å². The molecule has 0 amide bonds. The van der Waals surface area contributed by atoms with Crippen LogP contribution in [0.1, 0.15) is 194 Å². The van der Waals surface area contributed by atoms with Crippen molar-refractivity contribution in [3.05, 3.63) is 207 Å². The normalized spacial score (nSPS) is 14.5. The zero-order valence-electron chi connectivity index (χ0n) is 50.2. The highest BCUT2D eigenvalue weighted by atomic mass is 31.2. The van der Waals surface area contributed by atoms with Crippen molar-refractivity contribution < 1.29 is 37.6 Å². The van der Waals surface area contributed by atoms with Gasteiger partial charge < -0.3 is 20.1 Å². The molecule has 3 N–H and O–H groups in total. The van der Waals surface area contributed by atoms with Gasteiger partial charge in [0.25, 0.3) is 0 Å². The van der Waals surface area contributed by atoms with Crippen molar-refractivity contribution in [1.29, 1.82) is 0 Å². The molecule has 10 heteroatoms. The number of hydrogen-bond acceptors (Lipinski definition) is 8.